The summed E-state index contributed by atoms with van der Waals surface area (Å²) in [4.78, 5) is 10.9. The molecule has 0 radical (unpaired) electrons. The van der Waals surface area contributed by atoms with E-state index in [0.717, 1.165) is 0 Å². The zero-order chi connectivity index (χ0) is 10.8. The van der Waals surface area contributed by atoms with Gasteiger partial charge in [0.1, 0.15) is 0 Å². The molecule has 0 spiro atoms. The molecule has 0 aromatic heterocycles. The Kier molecular flexibility index (Phi) is 3.47. The van der Waals surface area contributed by atoms with E-state index < -0.39 is 17.9 Å². The number of carbonyl (C=O) groups excluding carboxylic acids is 1. The number of rotatable bonds is 3. The van der Waals surface area contributed by atoms with Crippen molar-refractivity contribution in [1.29, 1.82) is 0 Å². The van der Waals surface area contributed by atoms with Crippen LogP contribution in [-0.4, -0.2) is 42.8 Å². The summed E-state index contributed by atoms with van der Waals surface area (Å²) in [6.45, 7) is 3.97. The van der Waals surface area contributed by atoms with Crippen LogP contribution in [0.3, 0.4) is 0 Å². The molecule has 0 saturated carbocycles. The maximum atomic E-state index is 10.9. The molecular weight excluding hydrogens is 188 g/mol. The average Bonchev–Trinajstić information content (AvgIpc) is 2.44. The molecule has 5 heteroatoms. The van der Waals surface area contributed by atoms with Crippen molar-refractivity contribution in [2.24, 2.45) is 0 Å². The van der Waals surface area contributed by atoms with E-state index in [1.165, 1.54) is 7.11 Å². The Morgan fingerprint density at radius 2 is 2.36 bits per heavy atom. The number of hydrogen-bond acceptors (Lipinski definition) is 5. The van der Waals surface area contributed by atoms with Gasteiger partial charge in [-0.1, -0.05) is 0 Å². The van der Waals surface area contributed by atoms with Crippen LogP contribution in [0.5, 0.6) is 0 Å². The van der Waals surface area contributed by atoms with Gasteiger partial charge in [0.15, 0.2) is 11.9 Å². The van der Waals surface area contributed by atoms with Crippen LogP contribution in [-0.2, 0) is 19.0 Å². The number of methoxy groups -OCH3 is 1. The average molecular weight is 204 g/mol. The molecule has 5 nitrogen and oxygen atoms in total. The molecule has 1 saturated heterocycles. The molecule has 2 atom stereocenters. The Morgan fingerprint density at radius 1 is 1.71 bits per heavy atom. The largest absolute Gasteiger partial charge is 0.467 e. The highest BCUT2D eigenvalue weighted by atomic mass is 16.7. The first kappa shape index (κ1) is 11.4. The van der Waals surface area contributed by atoms with Gasteiger partial charge >= 0.3 is 5.97 Å². The molecular formula is C9H16O5. The predicted octanol–water partition coefficient (Wildman–Crippen LogP) is 0.0619. The van der Waals surface area contributed by atoms with Gasteiger partial charge in [0, 0.05) is 6.42 Å². The quantitative estimate of drug-likeness (QED) is 0.659. The highest BCUT2D eigenvalue weighted by Crippen LogP contribution is 2.24. The molecule has 0 aromatic carbocycles. The zero-order valence-corrected chi connectivity index (χ0v) is 8.65. The number of aliphatic hydroxyl groups excluding tert-OH is 1. The van der Waals surface area contributed by atoms with E-state index in [1.807, 2.05) is 0 Å². The summed E-state index contributed by atoms with van der Waals surface area (Å²) in [5.41, 5.74) is 0. The SMILES string of the molecule is COC(=O)[C@@H](O)C[C@H]1COC(C)(C)O1. The van der Waals surface area contributed by atoms with Crippen LogP contribution in [0.1, 0.15) is 20.3 Å². The summed E-state index contributed by atoms with van der Waals surface area (Å²) in [7, 11) is 1.24. The minimum atomic E-state index is -1.14. The second-order valence-electron chi connectivity index (χ2n) is 3.73. The van der Waals surface area contributed by atoms with Crippen molar-refractivity contribution in [3.63, 3.8) is 0 Å². The molecule has 0 unspecified atom stereocenters. The lowest BCUT2D eigenvalue weighted by atomic mass is 10.2. The molecule has 0 amide bonds. The molecule has 1 aliphatic heterocycles. The Hall–Kier alpha value is -0.650. The van der Waals surface area contributed by atoms with Crippen LogP contribution < -0.4 is 0 Å². The van der Waals surface area contributed by atoms with E-state index in [2.05, 4.69) is 4.74 Å². The minimum Gasteiger partial charge on any atom is -0.467 e. The standard InChI is InChI=1S/C9H16O5/c1-9(2)13-5-6(14-9)4-7(10)8(11)12-3/h6-7,10H,4-5H2,1-3H3/t6-,7-/m0/s1. The van der Waals surface area contributed by atoms with Crippen LogP contribution in [0.25, 0.3) is 0 Å². The van der Waals surface area contributed by atoms with Gasteiger partial charge in [-0.15, -0.1) is 0 Å². The van der Waals surface area contributed by atoms with E-state index in [1.54, 1.807) is 13.8 Å². The molecule has 1 heterocycles. The number of esters is 1. The van der Waals surface area contributed by atoms with E-state index in [4.69, 9.17) is 9.47 Å². The summed E-state index contributed by atoms with van der Waals surface area (Å²) >= 11 is 0. The molecule has 82 valence electrons. The topological polar surface area (TPSA) is 65.0 Å². The molecule has 1 fully saturated rings. The lowest BCUT2D eigenvalue weighted by Gasteiger charge is -2.17. The maximum Gasteiger partial charge on any atom is 0.334 e. The van der Waals surface area contributed by atoms with Crippen molar-refractivity contribution in [3.05, 3.63) is 0 Å². The fourth-order valence-corrected chi connectivity index (χ4v) is 1.36. The van der Waals surface area contributed by atoms with Crippen LogP contribution in [0.2, 0.25) is 0 Å². The number of ether oxygens (including phenoxy) is 3. The van der Waals surface area contributed by atoms with Crippen molar-refractivity contribution in [2.75, 3.05) is 13.7 Å². The lowest BCUT2D eigenvalue weighted by Crippen LogP contribution is -2.29. The van der Waals surface area contributed by atoms with Gasteiger partial charge in [-0.3, -0.25) is 0 Å². The Morgan fingerprint density at radius 3 is 2.79 bits per heavy atom. The zero-order valence-electron chi connectivity index (χ0n) is 8.65. The summed E-state index contributed by atoms with van der Waals surface area (Å²) in [6.07, 6.45) is -1.18. The van der Waals surface area contributed by atoms with Gasteiger partial charge in [0.05, 0.1) is 19.8 Å². The Labute approximate surface area is 82.9 Å². The van der Waals surface area contributed by atoms with E-state index >= 15 is 0 Å². The predicted molar refractivity (Wildman–Crippen MR) is 47.5 cm³/mol. The number of carbonyl (C=O) groups is 1. The minimum absolute atomic E-state index is 0.204. The first-order valence-electron chi connectivity index (χ1n) is 4.52. The van der Waals surface area contributed by atoms with E-state index in [9.17, 15) is 9.90 Å². The molecule has 0 aromatic rings. The first-order valence-corrected chi connectivity index (χ1v) is 4.52. The van der Waals surface area contributed by atoms with Crippen LogP contribution in [0.15, 0.2) is 0 Å². The Bertz CT molecular complexity index is 213. The fourth-order valence-electron chi connectivity index (χ4n) is 1.36. The molecule has 1 rings (SSSR count). The van der Waals surface area contributed by atoms with Gasteiger partial charge in [-0.2, -0.15) is 0 Å². The van der Waals surface area contributed by atoms with Gasteiger partial charge in [-0.05, 0) is 13.8 Å². The summed E-state index contributed by atoms with van der Waals surface area (Å²) in [6, 6.07) is 0. The van der Waals surface area contributed by atoms with Gasteiger partial charge in [-0.25, -0.2) is 4.79 Å². The van der Waals surface area contributed by atoms with Crippen molar-refractivity contribution < 1.29 is 24.1 Å². The monoisotopic (exact) mass is 204 g/mol. The van der Waals surface area contributed by atoms with Gasteiger partial charge in [0.2, 0.25) is 0 Å². The first-order chi connectivity index (χ1) is 6.44. The summed E-state index contributed by atoms with van der Waals surface area (Å²) < 4.78 is 15.1. The smallest absolute Gasteiger partial charge is 0.334 e. The fraction of sp³-hybridized carbons (Fsp3) is 0.889. The third kappa shape index (κ3) is 2.94. The number of hydrogen-bond donors (Lipinski definition) is 1. The summed E-state index contributed by atoms with van der Waals surface area (Å²) in [5, 5.41) is 9.34. The second kappa shape index (κ2) is 4.25. The molecule has 1 N–H and O–H groups in total. The third-order valence-electron chi connectivity index (χ3n) is 2.03. The van der Waals surface area contributed by atoms with Crippen molar-refractivity contribution in [1.82, 2.24) is 0 Å². The normalized spacial score (nSPS) is 27.3. The van der Waals surface area contributed by atoms with Gasteiger partial charge < -0.3 is 19.3 Å². The van der Waals surface area contributed by atoms with Crippen LogP contribution >= 0.6 is 0 Å². The Balaban J connectivity index is 2.36. The van der Waals surface area contributed by atoms with E-state index in [0.29, 0.717) is 6.61 Å². The van der Waals surface area contributed by atoms with E-state index in [-0.39, 0.29) is 12.5 Å². The molecule has 1 aliphatic rings. The molecule has 0 aliphatic carbocycles. The number of aliphatic hydroxyl groups is 1. The van der Waals surface area contributed by atoms with Crippen LogP contribution in [0.4, 0.5) is 0 Å². The van der Waals surface area contributed by atoms with Crippen LogP contribution in [0, 0.1) is 0 Å². The van der Waals surface area contributed by atoms with Crippen molar-refractivity contribution in [3.8, 4) is 0 Å². The van der Waals surface area contributed by atoms with Gasteiger partial charge in [0.25, 0.3) is 0 Å². The lowest BCUT2D eigenvalue weighted by molar-refractivity contribution is -0.157. The second-order valence-corrected chi connectivity index (χ2v) is 3.73. The maximum absolute atomic E-state index is 10.9. The highest BCUT2D eigenvalue weighted by molar-refractivity contribution is 5.74. The van der Waals surface area contributed by atoms with Crippen molar-refractivity contribution >= 4 is 5.97 Å². The van der Waals surface area contributed by atoms with Crippen molar-refractivity contribution in [2.45, 2.75) is 38.3 Å². The third-order valence-corrected chi connectivity index (χ3v) is 2.03. The highest BCUT2D eigenvalue weighted by Gasteiger charge is 2.35. The molecule has 14 heavy (non-hydrogen) atoms. The summed E-state index contributed by atoms with van der Waals surface area (Å²) in [5.74, 6) is -1.26. The molecule has 0 bridgehead atoms.